The summed E-state index contributed by atoms with van der Waals surface area (Å²) in [6, 6.07) is 22.3. The Morgan fingerprint density at radius 2 is 1.70 bits per heavy atom. The van der Waals surface area contributed by atoms with Crippen LogP contribution in [0.4, 0.5) is 0 Å². The van der Waals surface area contributed by atoms with E-state index < -0.39 is 6.04 Å². The molecule has 33 heavy (non-hydrogen) atoms. The molecular formula is C26H26Br2N2O3. The van der Waals surface area contributed by atoms with Crippen LogP contribution in [0.15, 0.2) is 81.7 Å². The van der Waals surface area contributed by atoms with Gasteiger partial charge in [-0.3, -0.25) is 9.59 Å². The maximum atomic E-state index is 13.4. The number of hydrogen-bond acceptors (Lipinski definition) is 3. The Hall–Kier alpha value is -2.64. The van der Waals surface area contributed by atoms with Crippen LogP contribution in [0.25, 0.3) is 0 Å². The number of carbonyl (C=O) groups is 2. The molecule has 0 saturated heterocycles. The minimum atomic E-state index is -0.681. The van der Waals surface area contributed by atoms with Crippen LogP contribution < -0.4 is 10.1 Å². The molecule has 3 aromatic carbocycles. The molecule has 5 nitrogen and oxygen atoms in total. The molecule has 2 amide bonds. The Bertz CT molecular complexity index is 1110. The molecule has 0 aromatic heterocycles. The predicted octanol–water partition coefficient (Wildman–Crippen LogP) is 5.28. The molecule has 172 valence electrons. The van der Waals surface area contributed by atoms with Gasteiger partial charge in [0.2, 0.25) is 5.91 Å². The molecule has 0 radical (unpaired) electrons. The van der Waals surface area contributed by atoms with Gasteiger partial charge in [-0.05, 0) is 53.9 Å². The van der Waals surface area contributed by atoms with Gasteiger partial charge >= 0.3 is 0 Å². The van der Waals surface area contributed by atoms with E-state index in [1.807, 2.05) is 79.7 Å². The highest BCUT2D eigenvalue weighted by Crippen LogP contribution is 2.22. The zero-order valence-corrected chi connectivity index (χ0v) is 21.7. The molecule has 3 rings (SSSR count). The lowest BCUT2D eigenvalue weighted by Gasteiger charge is -2.31. The zero-order valence-electron chi connectivity index (χ0n) is 18.6. The fraction of sp³-hybridized carbons (Fsp3) is 0.231. The lowest BCUT2D eigenvalue weighted by Crippen LogP contribution is -2.51. The minimum Gasteiger partial charge on any atom is -0.484 e. The highest BCUT2D eigenvalue weighted by Gasteiger charge is 2.30. The van der Waals surface area contributed by atoms with Crippen molar-refractivity contribution in [1.29, 1.82) is 0 Å². The van der Waals surface area contributed by atoms with E-state index in [0.29, 0.717) is 12.2 Å². The molecule has 0 aliphatic carbocycles. The minimum absolute atomic E-state index is 0.169. The van der Waals surface area contributed by atoms with Crippen LogP contribution in [0.3, 0.4) is 0 Å². The normalized spacial score (nSPS) is 11.5. The fourth-order valence-corrected chi connectivity index (χ4v) is 4.18. The van der Waals surface area contributed by atoms with Crippen LogP contribution in [-0.4, -0.2) is 36.4 Å². The number of amides is 2. The Balaban J connectivity index is 1.87. The summed E-state index contributed by atoms with van der Waals surface area (Å²) in [6.45, 7) is 2.07. The number of hydrogen-bond donors (Lipinski definition) is 1. The van der Waals surface area contributed by atoms with Gasteiger partial charge in [0.05, 0.1) is 0 Å². The lowest BCUT2D eigenvalue weighted by atomic mass is 10.0. The van der Waals surface area contributed by atoms with Crippen molar-refractivity contribution >= 4 is 43.7 Å². The van der Waals surface area contributed by atoms with E-state index in [4.69, 9.17) is 4.74 Å². The highest BCUT2D eigenvalue weighted by molar-refractivity contribution is 9.10. The van der Waals surface area contributed by atoms with Gasteiger partial charge in [0, 0.05) is 29.0 Å². The first-order valence-corrected chi connectivity index (χ1v) is 12.1. The summed E-state index contributed by atoms with van der Waals surface area (Å²) in [6.07, 6.45) is 0.400. The van der Waals surface area contributed by atoms with Crippen LogP contribution in [0.2, 0.25) is 0 Å². The first kappa shape index (κ1) is 25.0. The molecule has 0 saturated carbocycles. The number of aryl methyl sites for hydroxylation is 1. The topological polar surface area (TPSA) is 58.6 Å². The number of benzene rings is 3. The van der Waals surface area contributed by atoms with Gasteiger partial charge < -0.3 is 15.0 Å². The summed E-state index contributed by atoms with van der Waals surface area (Å²) in [5.74, 6) is 0.118. The van der Waals surface area contributed by atoms with Crippen molar-refractivity contribution in [2.75, 3.05) is 13.7 Å². The SMILES string of the molecule is CNC(=O)[C@@H](Cc1ccccc1)N(Cc1cccc(Br)c1)C(=O)COc1ccc(Br)c(C)c1. The Kier molecular flexibility index (Phi) is 9.09. The van der Waals surface area contributed by atoms with Gasteiger partial charge in [-0.15, -0.1) is 0 Å². The molecule has 1 atom stereocenters. The average molecular weight is 574 g/mol. The average Bonchev–Trinajstić information content (AvgIpc) is 2.82. The van der Waals surface area contributed by atoms with Crippen LogP contribution in [0.1, 0.15) is 16.7 Å². The fourth-order valence-electron chi connectivity index (χ4n) is 3.49. The Labute approximate surface area is 211 Å². The molecule has 0 fully saturated rings. The summed E-state index contributed by atoms with van der Waals surface area (Å²) in [4.78, 5) is 27.9. The van der Waals surface area contributed by atoms with Gasteiger partial charge in [0.1, 0.15) is 11.8 Å². The predicted molar refractivity (Wildman–Crippen MR) is 137 cm³/mol. The van der Waals surface area contributed by atoms with E-state index in [0.717, 1.165) is 25.6 Å². The molecule has 3 aromatic rings. The van der Waals surface area contributed by atoms with E-state index in [1.54, 1.807) is 11.9 Å². The maximum Gasteiger partial charge on any atom is 0.261 e. The number of rotatable bonds is 9. The summed E-state index contributed by atoms with van der Waals surface area (Å²) >= 11 is 6.96. The van der Waals surface area contributed by atoms with Gasteiger partial charge in [0.15, 0.2) is 6.61 Å². The van der Waals surface area contributed by atoms with Gasteiger partial charge in [-0.25, -0.2) is 0 Å². The quantitative estimate of drug-likeness (QED) is 0.379. The third-order valence-corrected chi connectivity index (χ3v) is 6.63. The van der Waals surface area contributed by atoms with Crippen LogP contribution in [0.5, 0.6) is 5.75 Å². The second kappa shape index (κ2) is 12.0. The molecule has 0 spiro atoms. The molecule has 1 N–H and O–H groups in total. The molecule has 0 aliphatic rings. The van der Waals surface area contributed by atoms with Crippen molar-refractivity contribution in [1.82, 2.24) is 10.2 Å². The Morgan fingerprint density at radius 1 is 0.970 bits per heavy atom. The van der Waals surface area contributed by atoms with E-state index in [1.165, 1.54) is 0 Å². The van der Waals surface area contributed by atoms with Crippen LogP contribution >= 0.6 is 31.9 Å². The van der Waals surface area contributed by atoms with Crippen molar-refractivity contribution < 1.29 is 14.3 Å². The van der Waals surface area contributed by atoms with Gasteiger partial charge in [-0.1, -0.05) is 74.3 Å². The van der Waals surface area contributed by atoms with E-state index >= 15 is 0 Å². The third kappa shape index (κ3) is 7.17. The van der Waals surface area contributed by atoms with Crippen molar-refractivity contribution in [2.24, 2.45) is 0 Å². The summed E-state index contributed by atoms with van der Waals surface area (Å²) in [7, 11) is 1.59. The number of ether oxygens (including phenoxy) is 1. The molecule has 7 heteroatoms. The van der Waals surface area contributed by atoms with E-state index in [9.17, 15) is 9.59 Å². The van der Waals surface area contributed by atoms with Gasteiger partial charge in [-0.2, -0.15) is 0 Å². The lowest BCUT2D eigenvalue weighted by molar-refractivity contribution is -0.142. The first-order valence-electron chi connectivity index (χ1n) is 10.6. The summed E-state index contributed by atoms with van der Waals surface area (Å²) < 4.78 is 7.69. The molecule has 0 heterocycles. The van der Waals surface area contributed by atoms with Crippen molar-refractivity contribution in [2.45, 2.75) is 25.9 Å². The third-order valence-electron chi connectivity index (χ3n) is 5.25. The smallest absolute Gasteiger partial charge is 0.261 e. The number of likely N-dealkylation sites (N-methyl/N-ethyl adjacent to an activating group) is 1. The van der Waals surface area contributed by atoms with Gasteiger partial charge in [0.25, 0.3) is 5.91 Å². The van der Waals surface area contributed by atoms with Crippen LogP contribution in [-0.2, 0) is 22.6 Å². The molecule has 0 bridgehead atoms. The monoisotopic (exact) mass is 572 g/mol. The standard InChI is InChI=1S/C26H26Br2N2O3/c1-18-13-22(11-12-23(18)28)33-17-25(31)30(16-20-9-6-10-21(27)14-20)24(26(32)29-2)15-19-7-4-3-5-8-19/h3-14,24H,15-17H2,1-2H3,(H,29,32)/t24-/m1/s1. The molecule has 0 aliphatic heterocycles. The van der Waals surface area contributed by atoms with Crippen molar-refractivity contribution in [3.63, 3.8) is 0 Å². The molecular weight excluding hydrogens is 548 g/mol. The summed E-state index contributed by atoms with van der Waals surface area (Å²) in [5, 5.41) is 2.72. The zero-order chi connectivity index (χ0) is 23.8. The maximum absolute atomic E-state index is 13.4. The second-order valence-electron chi connectivity index (χ2n) is 7.67. The van der Waals surface area contributed by atoms with E-state index in [2.05, 4.69) is 37.2 Å². The Morgan fingerprint density at radius 3 is 2.36 bits per heavy atom. The largest absolute Gasteiger partial charge is 0.484 e. The second-order valence-corrected chi connectivity index (χ2v) is 9.44. The van der Waals surface area contributed by atoms with Crippen LogP contribution in [0, 0.1) is 6.92 Å². The van der Waals surface area contributed by atoms with Crippen molar-refractivity contribution in [3.05, 3.63) is 98.4 Å². The highest BCUT2D eigenvalue weighted by atomic mass is 79.9. The van der Waals surface area contributed by atoms with E-state index in [-0.39, 0.29) is 25.0 Å². The number of nitrogens with one attached hydrogen (secondary N) is 1. The number of nitrogens with zero attached hydrogens (tertiary/aromatic N) is 1. The molecule has 0 unspecified atom stereocenters. The van der Waals surface area contributed by atoms with Crippen molar-refractivity contribution in [3.8, 4) is 5.75 Å². The number of halogens is 2. The number of carbonyl (C=O) groups excluding carboxylic acids is 2. The first-order chi connectivity index (χ1) is 15.9. The summed E-state index contributed by atoms with van der Waals surface area (Å²) in [5.41, 5.74) is 2.90.